The standard InChI is InChI=1S/C20H28N4O3/c1-6-20(5,15-11-21-16-9-7-8-10-24(15)16)22-17(25)14-12-23(13-14)18(26)27-19(2,3)4/h7-11,14H,6,12-13H2,1-5H3,(H,22,25). The van der Waals surface area contributed by atoms with E-state index in [0.717, 1.165) is 17.8 Å². The van der Waals surface area contributed by atoms with Gasteiger partial charge in [-0.05, 0) is 46.2 Å². The van der Waals surface area contributed by atoms with Crippen molar-refractivity contribution in [3.8, 4) is 0 Å². The molecule has 3 heterocycles. The van der Waals surface area contributed by atoms with Crippen LogP contribution in [0.5, 0.6) is 0 Å². The van der Waals surface area contributed by atoms with Crippen molar-refractivity contribution in [3.63, 3.8) is 0 Å². The molecule has 27 heavy (non-hydrogen) atoms. The van der Waals surface area contributed by atoms with Gasteiger partial charge in [-0.15, -0.1) is 0 Å². The van der Waals surface area contributed by atoms with Gasteiger partial charge in [-0.1, -0.05) is 13.0 Å². The molecule has 1 aliphatic heterocycles. The number of aromatic nitrogens is 2. The summed E-state index contributed by atoms with van der Waals surface area (Å²) in [6.45, 7) is 10.3. The molecule has 1 N–H and O–H groups in total. The highest BCUT2D eigenvalue weighted by atomic mass is 16.6. The maximum absolute atomic E-state index is 12.8. The van der Waals surface area contributed by atoms with Crippen molar-refractivity contribution >= 4 is 17.6 Å². The molecule has 2 aromatic heterocycles. The first-order valence-corrected chi connectivity index (χ1v) is 9.35. The van der Waals surface area contributed by atoms with Crippen LogP contribution in [0.25, 0.3) is 5.65 Å². The Balaban J connectivity index is 1.66. The molecule has 7 heteroatoms. The van der Waals surface area contributed by atoms with E-state index in [2.05, 4.69) is 10.3 Å². The molecule has 0 spiro atoms. The Hall–Kier alpha value is -2.57. The molecule has 1 atom stereocenters. The lowest BCUT2D eigenvalue weighted by Gasteiger charge is -2.40. The third kappa shape index (κ3) is 3.91. The van der Waals surface area contributed by atoms with Crippen LogP contribution in [-0.4, -0.2) is 45.0 Å². The number of nitrogens with zero attached hydrogens (tertiary/aromatic N) is 3. The normalized spacial score (nSPS) is 17.3. The zero-order valence-electron chi connectivity index (χ0n) is 16.7. The molecule has 3 rings (SSSR count). The van der Waals surface area contributed by atoms with E-state index >= 15 is 0 Å². The molecule has 0 aliphatic carbocycles. The molecule has 2 amide bonds. The van der Waals surface area contributed by atoms with Crippen LogP contribution in [-0.2, 0) is 15.1 Å². The van der Waals surface area contributed by atoms with Crippen molar-refractivity contribution < 1.29 is 14.3 Å². The Morgan fingerprint density at radius 1 is 1.26 bits per heavy atom. The SMILES string of the molecule is CCC(C)(NC(=O)C1CN(C(=O)OC(C)(C)C)C1)c1cnc2ccccn12. The molecule has 1 saturated heterocycles. The summed E-state index contributed by atoms with van der Waals surface area (Å²) >= 11 is 0. The van der Waals surface area contributed by atoms with Gasteiger partial charge in [-0.3, -0.25) is 4.79 Å². The minimum atomic E-state index is -0.538. The second-order valence-corrected chi connectivity index (χ2v) is 8.33. The monoisotopic (exact) mass is 372 g/mol. The highest BCUT2D eigenvalue weighted by molar-refractivity contribution is 5.83. The van der Waals surface area contributed by atoms with E-state index in [4.69, 9.17) is 4.74 Å². The summed E-state index contributed by atoms with van der Waals surface area (Å²) in [7, 11) is 0. The number of pyridine rings is 1. The summed E-state index contributed by atoms with van der Waals surface area (Å²) in [5, 5.41) is 3.17. The van der Waals surface area contributed by atoms with Gasteiger partial charge in [-0.2, -0.15) is 0 Å². The predicted octanol–water partition coefficient (Wildman–Crippen LogP) is 2.94. The molecular weight excluding hydrogens is 344 g/mol. The zero-order valence-corrected chi connectivity index (χ0v) is 16.7. The van der Waals surface area contributed by atoms with Crippen LogP contribution >= 0.6 is 0 Å². The number of amides is 2. The summed E-state index contributed by atoms with van der Waals surface area (Å²) in [6, 6.07) is 5.82. The van der Waals surface area contributed by atoms with E-state index < -0.39 is 11.1 Å². The summed E-state index contributed by atoms with van der Waals surface area (Å²) in [5.74, 6) is -0.271. The smallest absolute Gasteiger partial charge is 0.410 e. The number of hydrogen-bond acceptors (Lipinski definition) is 4. The van der Waals surface area contributed by atoms with Crippen LogP contribution in [0, 0.1) is 5.92 Å². The lowest BCUT2D eigenvalue weighted by Crippen LogP contribution is -2.59. The minimum absolute atomic E-state index is 0.0509. The van der Waals surface area contributed by atoms with Crippen molar-refractivity contribution in [2.24, 2.45) is 5.92 Å². The van der Waals surface area contributed by atoms with Crippen molar-refractivity contribution in [3.05, 3.63) is 36.3 Å². The number of imidazole rings is 1. The van der Waals surface area contributed by atoms with Gasteiger partial charge >= 0.3 is 6.09 Å². The van der Waals surface area contributed by atoms with Crippen LogP contribution in [0.4, 0.5) is 4.79 Å². The van der Waals surface area contributed by atoms with Crippen LogP contribution in [0.2, 0.25) is 0 Å². The van der Waals surface area contributed by atoms with E-state index in [-0.39, 0.29) is 17.9 Å². The second-order valence-electron chi connectivity index (χ2n) is 8.33. The largest absolute Gasteiger partial charge is 0.444 e. The zero-order chi connectivity index (χ0) is 19.8. The topological polar surface area (TPSA) is 75.9 Å². The Labute approximate surface area is 159 Å². The molecule has 0 saturated carbocycles. The summed E-state index contributed by atoms with van der Waals surface area (Å²) in [5.41, 5.74) is 0.719. The molecule has 1 fully saturated rings. The fourth-order valence-corrected chi connectivity index (χ4v) is 3.17. The number of likely N-dealkylation sites (tertiary alicyclic amines) is 1. The van der Waals surface area contributed by atoms with Crippen LogP contribution in [0.1, 0.15) is 46.7 Å². The Morgan fingerprint density at radius 2 is 1.96 bits per heavy atom. The van der Waals surface area contributed by atoms with Gasteiger partial charge in [0.25, 0.3) is 0 Å². The second kappa shape index (κ2) is 6.87. The summed E-state index contributed by atoms with van der Waals surface area (Å²) in [6.07, 6.45) is 4.12. The van der Waals surface area contributed by atoms with Gasteiger partial charge in [0.05, 0.1) is 23.3 Å². The maximum atomic E-state index is 12.8. The fraction of sp³-hybridized carbons (Fsp3) is 0.550. The number of carbonyl (C=O) groups is 2. The van der Waals surface area contributed by atoms with Gasteiger partial charge in [0.1, 0.15) is 11.2 Å². The summed E-state index contributed by atoms with van der Waals surface area (Å²) in [4.78, 5) is 30.8. The molecule has 7 nitrogen and oxygen atoms in total. The first-order valence-electron chi connectivity index (χ1n) is 9.35. The van der Waals surface area contributed by atoms with Crippen LogP contribution in [0.15, 0.2) is 30.6 Å². The molecule has 0 bridgehead atoms. The molecule has 0 aromatic carbocycles. The number of nitrogens with one attached hydrogen (secondary N) is 1. The highest BCUT2D eigenvalue weighted by Gasteiger charge is 2.40. The van der Waals surface area contributed by atoms with E-state index in [1.807, 2.05) is 69.6 Å². The Morgan fingerprint density at radius 3 is 2.59 bits per heavy atom. The molecular formula is C20H28N4O3. The predicted molar refractivity (Wildman–Crippen MR) is 102 cm³/mol. The van der Waals surface area contributed by atoms with Crippen LogP contribution in [0.3, 0.4) is 0 Å². The van der Waals surface area contributed by atoms with Crippen molar-refractivity contribution in [1.29, 1.82) is 0 Å². The minimum Gasteiger partial charge on any atom is -0.444 e. The average Bonchev–Trinajstić information content (AvgIpc) is 2.96. The van der Waals surface area contributed by atoms with Gasteiger partial charge < -0.3 is 19.4 Å². The van der Waals surface area contributed by atoms with E-state index in [9.17, 15) is 9.59 Å². The molecule has 146 valence electrons. The van der Waals surface area contributed by atoms with Gasteiger partial charge in [0.15, 0.2) is 0 Å². The van der Waals surface area contributed by atoms with E-state index in [1.165, 1.54) is 0 Å². The van der Waals surface area contributed by atoms with E-state index in [1.54, 1.807) is 4.90 Å². The fourth-order valence-electron chi connectivity index (χ4n) is 3.17. The van der Waals surface area contributed by atoms with Gasteiger partial charge in [0.2, 0.25) is 5.91 Å². The third-order valence-corrected chi connectivity index (χ3v) is 4.99. The van der Waals surface area contributed by atoms with Crippen molar-refractivity contribution in [2.45, 2.75) is 52.2 Å². The average molecular weight is 372 g/mol. The number of carbonyl (C=O) groups excluding carboxylic acids is 2. The lowest BCUT2D eigenvalue weighted by molar-refractivity contribution is -0.131. The molecule has 2 aromatic rings. The third-order valence-electron chi connectivity index (χ3n) is 4.99. The van der Waals surface area contributed by atoms with Crippen molar-refractivity contribution in [1.82, 2.24) is 19.6 Å². The Kier molecular flexibility index (Phi) is 4.88. The number of rotatable bonds is 4. The first kappa shape index (κ1) is 19.2. The van der Waals surface area contributed by atoms with Gasteiger partial charge in [0, 0.05) is 19.3 Å². The number of fused-ring (bicyclic) bond motifs is 1. The summed E-state index contributed by atoms with van der Waals surface area (Å²) < 4.78 is 7.34. The lowest BCUT2D eigenvalue weighted by atomic mass is 9.92. The van der Waals surface area contributed by atoms with Crippen LogP contribution < -0.4 is 5.32 Å². The van der Waals surface area contributed by atoms with Gasteiger partial charge in [-0.25, -0.2) is 9.78 Å². The first-order chi connectivity index (χ1) is 12.6. The highest BCUT2D eigenvalue weighted by Crippen LogP contribution is 2.27. The Bertz CT molecular complexity index is 848. The number of ether oxygens (including phenoxy) is 1. The van der Waals surface area contributed by atoms with E-state index in [0.29, 0.717) is 13.1 Å². The maximum Gasteiger partial charge on any atom is 0.410 e. The molecule has 1 aliphatic rings. The quantitative estimate of drug-likeness (QED) is 0.895. The molecule has 1 unspecified atom stereocenters. The number of hydrogen-bond donors (Lipinski definition) is 1. The molecule has 0 radical (unpaired) electrons. The van der Waals surface area contributed by atoms with Crippen molar-refractivity contribution in [2.75, 3.05) is 13.1 Å².